The zero-order valence-corrected chi connectivity index (χ0v) is 37.0. The monoisotopic (exact) mass is 781 g/mol. The van der Waals surface area contributed by atoms with Crippen molar-refractivity contribution in [1.82, 2.24) is 0 Å². The van der Waals surface area contributed by atoms with Gasteiger partial charge in [-0.1, -0.05) is 32.6 Å². The maximum Gasteiger partial charge on any atom is -0.0318 e. The number of hydrogen-bond acceptors (Lipinski definition) is 0. The standard InChI is InChI=1S/C58H84/c1-26-10-29-6-8-31-14-35-17-38-20-39-18-36-15-32-9-7-30-13-33-12-27-4-2-3-5-28(27)24-44(33)45-25-43-23-42-22-41-21-40-19-37-16-34(11-26)46(29)48(31)50(37)51(35)53(40)54(38)56(41)55(39)57(42)52(36)58(43)49(32)47(30)45/h26-58H,2-25H2,1H3. The molecule has 33 atom stereocenters. The van der Waals surface area contributed by atoms with Gasteiger partial charge in [0.15, 0.2) is 0 Å². The van der Waals surface area contributed by atoms with Crippen LogP contribution in [-0.2, 0) is 0 Å². The largest absolute Gasteiger partial charge is 0.0625 e. The Hall–Kier alpha value is 0. The molecular weight excluding hydrogens is 697 g/mol. The molecule has 17 rings (SSSR count). The zero-order chi connectivity index (χ0) is 37.0. The highest BCUT2D eigenvalue weighted by Crippen LogP contribution is 2.80. The summed E-state index contributed by atoms with van der Waals surface area (Å²) in [5, 5.41) is 0. The van der Waals surface area contributed by atoms with E-state index in [0.717, 1.165) is 71.0 Å². The molecule has 0 aromatic rings. The molecular formula is C58H84. The third-order valence-corrected chi connectivity index (χ3v) is 28.3. The summed E-state index contributed by atoms with van der Waals surface area (Å²) in [7, 11) is 0. The molecule has 0 aromatic carbocycles. The lowest BCUT2D eigenvalue weighted by Gasteiger charge is -2.77. The predicted molar refractivity (Wildman–Crippen MR) is 232 cm³/mol. The highest BCUT2D eigenvalue weighted by Gasteiger charge is 2.74. The van der Waals surface area contributed by atoms with Crippen LogP contribution >= 0.6 is 0 Å². The van der Waals surface area contributed by atoms with Gasteiger partial charge in [0.2, 0.25) is 0 Å². The van der Waals surface area contributed by atoms with Crippen molar-refractivity contribution in [3.8, 4) is 0 Å². The summed E-state index contributed by atoms with van der Waals surface area (Å²) in [4.78, 5) is 0. The molecule has 17 aliphatic rings. The molecule has 0 saturated heterocycles. The van der Waals surface area contributed by atoms with E-state index in [1.807, 2.05) is 0 Å². The molecule has 0 radical (unpaired) electrons. The van der Waals surface area contributed by atoms with Crippen molar-refractivity contribution in [2.24, 2.45) is 195 Å². The third kappa shape index (κ3) is 4.19. The lowest BCUT2D eigenvalue weighted by Crippen LogP contribution is -2.71. The second-order valence-corrected chi connectivity index (χ2v) is 29.1. The van der Waals surface area contributed by atoms with E-state index in [4.69, 9.17) is 0 Å². The van der Waals surface area contributed by atoms with Crippen LogP contribution in [0.3, 0.4) is 0 Å². The Balaban J connectivity index is 0.732. The highest BCUT2D eigenvalue weighted by molar-refractivity contribution is 5.22. The van der Waals surface area contributed by atoms with Crippen molar-refractivity contribution in [3.05, 3.63) is 0 Å². The van der Waals surface area contributed by atoms with Gasteiger partial charge in [-0.25, -0.2) is 0 Å². The summed E-state index contributed by atoms with van der Waals surface area (Å²) >= 11 is 0. The minimum atomic E-state index is 1.03. The van der Waals surface area contributed by atoms with Gasteiger partial charge in [0.05, 0.1) is 0 Å². The molecule has 58 heavy (non-hydrogen) atoms. The van der Waals surface area contributed by atoms with Crippen LogP contribution in [0.15, 0.2) is 0 Å². The molecule has 0 amide bonds. The SMILES string of the molecule is CC1CC2CCC3CC4CC5CC6CC7CC8CCC9CC%10CC%11CCCCC%11CC%10C%10CC%11CC%12CC%13CC%14CC%15CC(C1)C2C3C%15C4C%14C5C%13C6C%12C7C%11C8C9%10. The minimum absolute atomic E-state index is 1.03. The van der Waals surface area contributed by atoms with Crippen molar-refractivity contribution in [2.45, 2.75) is 161 Å². The van der Waals surface area contributed by atoms with Crippen molar-refractivity contribution >= 4 is 0 Å². The highest BCUT2D eigenvalue weighted by atomic mass is 14.8. The van der Waals surface area contributed by atoms with Crippen molar-refractivity contribution in [1.29, 1.82) is 0 Å². The van der Waals surface area contributed by atoms with E-state index in [1.165, 1.54) is 124 Å². The molecule has 0 N–H and O–H groups in total. The molecule has 17 saturated carbocycles. The van der Waals surface area contributed by atoms with Crippen molar-refractivity contribution in [2.75, 3.05) is 0 Å². The van der Waals surface area contributed by atoms with E-state index in [-0.39, 0.29) is 0 Å². The maximum absolute atomic E-state index is 2.68. The molecule has 17 aliphatic carbocycles. The van der Waals surface area contributed by atoms with Crippen molar-refractivity contribution < 1.29 is 0 Å². The van der Waals surface area contributed by atoms with Gasteiger partial charge in [-0.15, -0.1) is 0 Å². The van der Waals surface area contributed by atoms with E-state index in [9.17, 15) is 0 Å². The second-order valence-electron chi connectivity index (χ2n) is 29.1. The van der Waals surface area contributed by atoms with E-state index in [0.29, 0.717) is 0 Å². The average Bonchev–Trinajstić information content (AvgIpc) is 3.23. The molecule has 0 heterocycles. The first-order valence-corrected chi connectivity index (χ1v) is 28.6. The number of rotatable bonds is 0. The molecule has 0 heteroatoms. The van der Waals surface area contributed by atoms with Crippen LogP contribution in [0.4, 0.5) is 0 Å². The third-order valence-electron chi connectivity index (χ3n) is 28.3. The van der Waals surface area contributed by atoms with E-state index in [2.05, 4.69) is 6.92 Å². The molecule has 0 bridgehead atoms. The first-order chi connectivity index (χ1) is 28.6. The summed E-state index contributed by atoms with van der Waals surface area (Å²) in [5.74, 6) is 38.7. The van der Waals surface area contributed by atoms with Gasteiger partial charge in [-0.3, -0.25) is 0 Å². The quantitative estimate of drug-likeness (QED) is 0.230. The van der Waals surface area contributed by atoms with Gasteiger partial charge in [-0.05, 0) is 324 Å². The Morgan fingerprint density at radius 3 is 0.948 bits per heavy atom. The molecule has 17 fully saturated rings. The number of hydrogen-bond donors (Lipinski definition) is 0. The van der Waals surface area contributed by atoms with Crippen LogP contribution in [0.25, 0.3) is 0 Å². The van der Waals surface area contributed by atoms with Crippen LogP contribution in [0, 0.1) is 195 Å². The fraction of sp³-hybridized carbons (Fsp3) is 1.00. The topological polar surface area (TPSA) is 0 Å². The first kappa shape index (κ1) is 34.4. The maximum atomic E-state index is 2.68. The smallest absolute Gasteiger partial charge is 0.0318 e. The Morgan fingerprint density at radius 1 is 0.190 bits per heavy atom. The normalized spacial score (nSPS) is 71.4. The predicted octanol–water partition coefficient (Wildman–Crippen LogP) is 13.9. The zero-order valence-electron chi connectivity index (χ0n) is 37.0. The second kappa shape index (κ2) is 11.8. The van der Waals surface area contributed by atoms with Crippen molar-refractivity contribution in [3.63, 3.8) is 0 Å². The first-order valence-electron chi connectivity index (χ1n) is 28.6. The lowest BCUT2D eigenvalue weighted by molar-refractivity contribution is -0.287. The molecule has 0 aliphatic heterocycles. The van der Waals surface area contributed by atoms with Gasteiger partial charge in [0.1, 0.15) is 0 Å². The van der Waals surface area contributed by atoms with Gasteiger partial charge in [-0.2, -0.15) is 0 Å². The fourth-order valence-electron chi connectivity index (χ4n) is 28.7. The van der Waals surface area contributed by atoms with Crippen LogP contribution in [-0.4, -0.2) is 0 Å². The van der Waals surface area contributed by atoms with Gasteiger partial charge in [0, 0.05) is 0 Å². The summed E-state index contributed by atoms with van der Waals surface area (Å²) < 4.78 is 0. The lowest BCUT2D eigenvalue weighted by atomic mass is 9.28. The van der Waals surface area contributed by atoms with Gasteiger partial charge in [0.25, 0.3) is 0 Å². The molecule has 0 spiro atoms. The molecule has 0 aromatic heterocycles. The molecule has 33 unspecified atom stereocenters. The summed E-state index contributed by atoms with van der Waals surface area (Å²) in [6, 6.07) is 0. The average molecular weight is 781 g/mol. The minimum Gasteiger partial charge on any atom is -0.0625 e. The van der Waals surface area contributed by atoms with Gasteiger partial charge < -0.3 is 0 Å². The van der Waals surface area contributed by atoms with Crippen LogP contribution in [0.2, 0.25) is 0 Å². The van der Waals surface area contributed by atoms with E-state index >= 15 is 0 Å². The summed E-state index contributed by atoms with van der Waals surface area (Å²) in [5.41, 5.74) is 0. The Kier molecular flexibility index (Phi) is 7.01. The summed E-state index contributed by atoms with van der Waals surface area (Å²) in [6.45, 7) is 2.68. The van der Waals surface area contributed by atoms with E-state index < -0.39 is 0 Å². The van der Waals surface area contributed by atoms with Crippen LogP contribution in [0.5, 0.6) is 0 Å². The Bertz CT molecular complexity index is 1710. The Labute approximate surface area is 354 Å². The molecule has 0 nitrogen and oxygen atoms in total. The van der Waals surface area contributed by atoms with E-state index in [1.54, 1.807) is 154 Å². The fourth-order valence-corrected chi connectivity index (χ4v) is 28.7. The van der Waals surface area contributed by atoms with Gasteiger partial charge >= 0.3 is 0 Å². The Morgan fingerprint density at radius 2 is 0.466 bits per heavy atom. The number of fused-ring (bicyclic) bond motifs is 3. The molecule has 316 valence electrons. The van der Waals surface area contributed by atoms with Crippen LogP contribution in [0.1, 0.15) is 161 Å². The summed E-state index contributed by atoms with van der Waals surface area (Å²) in [6.07, 6.45) is 40.6. The van der Waals surface area contributed by atoms with Crippen LogP contribution < -0.4 is 0 Å².